The van der Waals surface area contributed by atoms with Gasteiger partial charge in [0.05, 0.1) is 13.2 Å². The average molecular weight is 286 g/mol. The zero-order chi connectivity index (χ0) is 15.2. The molecule has 0 aromatic heterocycles. The number of hydrogen-bond donors (Lipinski definition) is 1. The predicted molar refractivity (Wildman–Crippen MR) is 79.7 cm³/mol. The summed E-state index contributed by atoms with van der Waals surface area (Å²) < 4.78 is 10.6. The molecule has 0 aromatic carbocycles. The molecule has 0 heterocycles. The van der Waals surface area contributed by atoms with Gasteiger partial charge in [0.15, 0.2) is 0 Å². The van der Waals surface area contributed by atoms with Crippen molar-refractivity contribution in [3.05, 3.63) is 0 Å². The van der Waals surface area contributed by atoms with E-state index in [2.05, 4.69) is 24.1 Å². The Kier molecular flexibility index (Phi) is 6.92. The maximum Gasteiger partial charge on any atom is 0.327 e. The van der Waals surface area contributed by atoms with E-state index in [4.69, 9.17) is 9.47 Å². The molecule has 0 radical (unpaired) electrons. The zero-order valence-corrected chi connectivity index (χ0v) is 13.6. The quantitative estimate of drug-likeness (QED) is 0.613. The summed E-state index contributed by atoms with van der Waals surface area (Å²) in [5.41, 5.74) is -0.575. The number of esters is 1. The van der Waals surface area contributed by atoms with E-state index in [1.165, 1.54) is 0 Å². The normalized spacial score (nSPS) is 19.7. The highest BCUT2D eigenvalue weighted by Crippen LogP contribution is 2.41. The average Bonchev–Trinajstić information content (AvgIpc) is 3.26. The Hall–Kier alpha value is -0.650. The van der Waals surface area contributed by atoms with Crippen LogP contribution in [0, 0.1) is 5.92 Å². The van der Waals surface area contributed by atoms with Gasteiger partial charge in [-0.2, -0.15) is 0 Å². The second-order valence-electron chi connectivity index (χ2n) is 5.58. The topological polar surface area (TPSA) is 50.8 Å². The first-order valence-corrected chi connectivity index (χ1v) is 7.64. The summed E-state index contributed by atoms with van der Waals surface area (Å²) >= 11 is 0. The van der Waals surface area contributed by atoms with Crippen LogP contribution in [0.5, 0.6) is 0 Å². The van der Waals surface area contributed by atoms with Crippen LogP contribution >= 0.6 is 0 Å². The number of methoxy groups -OCH3 is 1. The monoisotopic (exact) mass is 286 g/mol. The molecule has 1 N–H and O–H groups in total. The Bertz CT molecular complexity index is 307. The largest absolute Gasteiger partial charge is 0.465 e. The van der Waals surface area contributed by atoms with Gasteiger partial charge in [-0.15, -0.1) is 0 Å². The van der Waals surface area contributed by atoms with E-state index in [1.807, 2.05) is 14.0 Å². The maximum atomic E-state index is 12.5. The van der Waals surface area contributed by atoms with Gasteiger partial charge in [0.2, 0.25) is 0 Å². The third-order valence-electron chi connectivity index (χ3n) is 4.25. The van der Waals surface area contributed by atoms with Crippen molar-refractivity contribution in [3.63, 3.8) is 0 Å². The summed E-state index contributed by atoms with van der Waals surface area (Å²) in [5, 5.41) is 3.27. The molecule has 0 spiro atoms. The molecular weight excluding hydrogens is 256 g/mol. The molecular formula is C15H30N2O3. The van der Waals surface area contributed by atoms with Crippen LogP contribution in [0.2, 0.25) is 0 Å². The van der Waals surface area contributed by atoms with Crippen molar-refractivity contribution >= 4 is 5.97 Å². The van der Waals surface area contributed by atoms with Crippen LogP contribution in [0.3, 0.4) is 0 Å². The van der Waals surface area contributed by atoms with Gasteiger partial charge >= 0.3 is 5.97 Å². The number of rotatable bonds is 10. The summed E-state index contributed by atoms with van der Waals surface area (Å²) in [6.07, 6.45) is 2.19. The molecule has 5 heteroatoms. The first-order chi connectivity index (χ1) is 9.55. The van der Waals surface area contributed by atoms with Gasteiger partial charge in [-0.25, -0.2) is 4.79 Å². The fourth-order valence-electron chi connectivity index (χ4n) is 2.83. The number of carbonyl (C=O) groups is 1. The molecule has 1 saturated carbocycles. The first kappa shape index (κ1) is 17.4. The molecule has 0 aromatic rings. The SMILES string of the molecule is CCOC(=O)C(CN(CC)C(C)COC)(NC)C1CC1. The van der Waals surface area contributed by atoms with Crippen molar-refractivity contribution in [2.75, 3.05) is 40.5 Å². The van der Waals surface area contributed by atoms with Crippen LogP contribution in [0.25, 0.3) is 0 Å². The van der Waals surface area contributed by atoms with E-state index < -0.39 is 5.54 Å². The number of likely N-dealkylation sites (N-methyl/N-ethyl adjacent to an activating group) is 2. The Morgan fingerprint density at radius 2 is 2.10 bits per heavy atom. The second-order valence-corrected chi connectivity index (χ2v) is 5.58. The van der Waals surface area contributed by atoms with E-state index in [-0.39, 0.29) is 12.0 Å². The molecule has 0 amide bonds. The van der Waals surface area contributed by atoms with E-state index in [0.29, 0.717) is 25.7 Å². The minimum absolute atomic E-state index is 0.118. The van der Waals surface area contributed by atoms with Crippen LogP contribution in [0.4, 0.5) is 0 Å². The van der Waals surface area contributed by atoms with Crippen molar-refractivity contribution in [2.24, 2.45) is 5.92 Å². The summed E-state index contributed by atoms with van der Waals surface area (Å²) in [6.45, 7) is 8.76. The highest BCUT2D eigenvalue weighted by atomic mass is 16.5. The fraction of sp³-hybridized carbons (Fsp3) is 0.933. The molecule has 1 fully saturated rings. The lowest BCUT2D eigenvalue weighted by atomic mass is 9.92. The Balaban J connectivity index is 2.84. The summed E-state index contributed by atoms with van der Waals surface area (Å²) in [5.74, 6) is 0.267. The van der Waals surface area contributed by atoms with E-state index >= 15 is 0 Å². The zero-order valence-electron chi connectivity index (χ0n) is 13.6. The van der Waals surface area contributed by atoms with Crippen LogP contribution in [0.15, 0.2) is 0 Å². The van der Waals surface area contributed by atoms with Gasteiger partial charge in [0.1, 0.15) is 5.54 Å². The van der Waals surface area contributed by atoms with Crippen molar-refractivity contribution in [3.8, 4) is 0 Å². The molecule has 2 unspecified atom stereocenters. The van der Waals surface area contributed by atoms with Crippen molar-refractivity contribution in [1.82, 2.24) is 10.2 Å². The Labute approximate surface area is 123 Å². The Morgan fingerprint density at radius 3 is 2.50 bits per heavy atom. The third kappa shape index (κ3) is 3.93. The summed E-state index contributed by atoms with van der Waals surface area (Å²) in [4.78, 5) is 14.8. The summed E-state index contributed by atoms with van der Waals surface area (Å²) in [6, 6.07) is 0.283. The molecule has 118 valence electrons. The number of carbonyl (C=O) groups excluding carboxylic acids is 1. The molecule has 1 aliphatic carbocycles. The lowest BCUT2D eigenvalue weighted by molar-refractivity contribution is -0.153. The molecule has 0 aliphatic heterocycles. The van der Waals surface area contributed by atoms with Crippen molar-refractivity contribution in [2.45, 2.75) is 45.2 Å². The molecule has 5 nitrogen and oxygen atoms in total. The van der Waals surface area contributed by atoms with Crippen LogP contribution in [-0.4, -0.2) is 62.9 Å². The summed E-state index contributed by atoms with van der Waals surface area (Å²) in [7, 11) is 3.58. The van der Waals surface area contributed by atoms with Gasteiger partial charge in [-0.1, -0.05) is 6.92 Å². The Morgan fingerprint density at radius 1 is 1.45 bits per heavy atom. The van der Waals surface area contributed by atoms with Gasteiger partial charge in [-0.05, 0) is 46.2 Å². The van der Waals surface area contributed by atoms with Crippen LogP contribution in [-0.2, 0) is 14.3 Å². The second kappa shape index (κ2) is 7.96. The van der Waals surface area contributed by atoms with E-state index in [0.717, 1.165) is 19.4 Å². The van der Waals surface area contributed by atoms with Gasteiger partial charge in [0.25, 0.3) is 0 Å². The van der Waals surface area contributed by atoms with Crippen molar-refractivity contribution < 1.29 is 14.3 Å². The number of hydrogen-bond acceptors (Lipinski definition) is 5. The highest BCUT2D eigenvalue weighted by Gasteiger charge is 2.52. The lowest BCUT2D eigenvalue weighted by Crippen LogP contribution is -2.61. The minimum atomic E-state index is -0.575. The molecule has 1 aliphatic rings. The molecule has 2 atom stereocenters. The molecule has 20 heavy (non-hydrogen) atoms. The van der Waals surface area contributed by atoms with Gasteiger partial charge in [0, 0.05) is 19.7 Å². The molecule has 0 bridgehead atoms. The van der Waals surface area contributed by atoms with E-state index in [1.54, 1.807) is 7.11 Å². The number of ether oxygens (including phenoxy) is 2. The minimum Gasteiger partial charge on any atom is -0.465 e. The smallest absolute Gasteiger partial charge is 0.327 e. The standard InChI is InChI=1S/C15H30N2O3/c1-6-17(12(3)10-19-5)11-15(16-4,13-8-9-13)14(18)20-7-2/h12-13,16H,6-11H2,1-5H3. The lowest BCUT2D eigenvalue weighted by Gasteiger charge is -2.38. The maximum absolute atomic E-state index is 12.5. The molecule has 0 saturated heterocycles. The van der Waals surface area contributed by atoms with Crippen molar-refractivity contribution in [1.29, 1.82) is 0 Å². The van der Waals surface area contributed by atoms with Gasteiger partial charge in [-0.3, -0.25) is 4.90 Å². The first-order valence-electron chi connectivity index (χ1n) is 7.64. The molecule has 1 rings (SSSR count). The van der Waals surface area contributed by atoms with Gasteiger partial charge < -0.3 is 14.8 Å². The number of nitrogens with one attached hydrogen (secondary N) is 1. The predicted octanol–water partition coefficient (Wildman–Crippen LogP) is 1.27. The number of nitrogens with zero attached hydrogens (tertiary/aromatic N) is 1. The highest BCUT2D eigenvalue weighted by molar-refractivity contribution is 5.82. The van der Waals surface area contributed by atoms with Crippen LogP contribution in [0.1, 0.15) is 33.6 Å². The fourth-order valence-corrected chi connectivity index (χ4v) is 2.83. The van der Waals surface area contributed by atoms with E-state index in [9.17, 15) is 4.79 Å². The third-order valence-corrected chi connectivity index (χ3v) is 4.25. The van der Waals surface area contributed by atoms with Crippen LogP contribution < -0.4 is 5.32 Å².